The summed E-state index contributed by atoms with van der Waals surface area (Å²) in [6.07, 6.45) is 6.48. The van der Waals surface area contributed by atoms with Gasteiger partial charge in [0, 0.05) is 12.8 Å². The van der Waals surface area contributed by atoms with Gasteiger partial charge in [0.15, 0.2) is 6.04 Å². The molecule has 158 valence electrons. The number of rotatable bonds is 8. The first-order valence-electron chi connectivity index (χ1n) is 10.3. The van der Waals surface area contributed by atoms with E-state index in [1.165, 1.54) is 11.1 Å². The summed E-state index contributed by atoms with van der Waals surface area (Å²) < 4.78 is 16.6. The highest BCUT2D eigenvalue weighted by atomic mass is 16.7. The van der Waals surface area contributed by atoms with Crippen LogP contribution in [-0.4, -0.2) is 31.8 Å². The molecule has 5 nitrogen and oxygen atoms in total. The quantitative estimate of drug-likeness (QED) is 0.572. The van der Waals surface area contributed by atoms with E-state index < -0.39 is 6.04 Å². The van der Waals surface area contributed by atoms with E-state index in [1.54, 1.807) is 7.11 Å². The Morgan fingerprint density at radius 1 is 1.17 bits per heavy atom. The number of benzene rings is 1. The Hall–Kier alpha value is -2.68. The molecule has 5 heteroatoms. The summed E-state index contributed by atoms with van der Waals surface area (Å²) in [5, 5.41) is 9.47. The molecular weight excluding hydrogens is 376 g/mol. The van der Waals surface area contributed by atoms with E-state index in [2.05, 4.69) is 50.0 Å². The molecule has 4 atom stereocenters. The highest BCUT2D eigenvalue weighted by molar-refractivity contribution is 5.96. The minimum Gasteiger partial charge on any atom is -0.489 e. The zero-order valence-electron chi connectivity index (χ0n) is 18.2. The number of hydrogen-bond acceptors (Lipinski definition) is 5. The van der Waals surface area contributed by atoms with Crippen molar-refractivity contribution in [3.8, 4) is 6.07 Å². The molecule has 0 bridgehead atoms. The van der Waals surface area contributed by atoms with Crippen molar-refractivity contribution < 1.29 is 14.2 Å². The smallest absolute Gasteiger partial charge is 0.166 e. The van der Waals surface area contributed by atoms with Crippen LogP contribution in [0, 0.1) is 23.2 Å². The molecule has 0 aromatic heterocycles. The number of ether oxygens (including phenoxy) is 3. The van der Waals surface area contributed by atoms with E-state index in [1.807, 2.05) is 30.4 Å². The molecule has 0 N–H and O–H groups in total. The summed E-state index contributed by atoms with van der Waals surface area (Å²) in [5.41, 5.74) is 4.62. The van der Waals surface area contributed by atoms with Crippen molar-refractivity contribution in [3.05, 3.63) is 71.0 Å². The van der Waals surface area contributed by atoms with Crippen LogP contribution in [0.5, 0.6) is 0 Å². The van der Waals surface area contributed by atoms with Gasteiger partial charge >= 0.3 is 0 Å². The van der Waals surface area contributed by atoms with E-state index in [4.69, 9.17) is 14.2 Å². The number of hydrogen-bond donors (Lipinski definition) is 0. The molecule has 1 aliphatic heterocycles. The summed E-state index contributed by atoms with van der Waals surface area (Å²) >= 11 is 0. The standard InChI is InChI=1S/C25H30N2O3/c1-17-12-25(29-15-20-8-6-5-7-9-20)19(3)18(2)22(17)13-21-10-11-24(30-16-28-4)23(14-26)27-21/h5-12,18,22-24H,13,15-16H2,1-4H3. The van der Waals surface area contributed by atoms with E-state index >= 15 is 0 Å². The van der Waals surface area contributed by atoms with Crippen LogP contribution in [0.4, 0.5) is 0 Å². The van der Waals surface area contributed by atoms with Gasteiger partial charge in [0.25, 0.3) is 0 Å². The largest absolute Gasteiger partial charge is 0.489 e. The van der Waals surface area contributed by atoms with E-state index in [0.29, 0.717) is 18.4 Å². The monoisotopic (exact) mass is 406 g/mol. The van der Waals surface area contributed by atoms with E-state index in [0.717, 1.165) is 23.5 Å². The van der Waals surface area contributed by atoms with E-state index in [-0.39, 0.29) is 12.9 Å². The van der Waals surface area contributed by atoms with Crippen molar-refractivity contribution in [2.75, 3.05) is 13.9 Å². The van der Waals surface area contributed by atoms with Crippen LogP contribution in [0.2, 0.25) is 0 Å². The molecule has 1 aromatic rings. The Balaban J connectivity index is 1.66. The molecule has 1 aromatic carbocycles. The summed E-state index contributed by atoms with van der Waals surface area (Å²) in [7, 11) is 1.57. The van der Waals surface area contributed by atoms with Gasteiger partial charge in [0.05, 0.1) is 6.07 Å². The molecule has 4 unspecified atom stereocenters. The van der Waals surface area contributed by atoms with Crippen LogP contribution >= 0.6 is 0 Å². The first-order chi connectivity index (χ1) is 14.5. The normalized spacial score (nSPS) is 26.1. The van der Waals surface area contributed by atoms with E-state index in [9.17, 15) is 5.26 Å². The van der Waals surface area contributed by atoms with Gasteiger partial charge in [-0.05, 0) is 55.4 Å². The first kappa shape index (κ1) is 22.0. The van der Waals surface area contributed by atoms with Gasteiger partial charge in [-0.25, -0.2) is 0 Å². The summed E-state index contributed by atoms with van der Waals surface area (Å²) in [5.74, 6) is 1.62. The average molecular weight is 407 g/mol. The maximum Gasteiger partial charge on any atom is 0.166 e. The SMILES string of the molecule is COCOC1C=CC(CC2C(C)=CC(OCc3ccccc3)=C(C)C2C)=NC1C#N. The zero-order valence-corrected chi connectivity index (χ0v) is 18.2. The Labute approximate surface area is 179 Å². The topological polar surface area (TPSA) is 63.8 Å². The van der Waals surface area contributed by atoms with Gasteiger partial charge in [-0.1, -0.05) is 48.9 Å². The van der Waals surface area contributed by atoms with Crippen LogP contribution in [0.25, 0.3) is 0 Å². The first-order valence-corrected chi connectivity index (χ1v) is 10.3. The minimum atomic E-state index is -0.537. The zero-order chi connectivity index (χ0) is 21.5. The van der Waals surface area contributed by atoms with Crippen LogP contribution in [0.3, 0.4) is 0 Å². The molecule has 0 saturated heterocycles. The molecule has 0 radical (unpaired) electrons. The van der Waals surface area contributed by atoms with Crippen molar-refractivity contribution in [1.29, 1.82) is 5.26 Å². The lowest BCUT2D eigenvalue weighted by molar-refractivity contribution is -0.0579. The molecule has 3 rings (SSSR count). The maximum atomic E-state index is 9.47. The Morgan fingerprint density at radius 2 is 1.93 bits per heavy atom. The average Bonchev–Trinajstić information content (AvgIpc) is 2.77. The predicted molar refractivity (Wildman–Crippen MR) is 118 cm³/mol. The lowest BCUT2D eigenvalue weighted by Gasteiger charge is -2.32. The third-order valence-electron chi connectivity index (χ3n) is 5.89. The number of nitriles is 1. The van der Waals surface area contributed by atoms with Crippen molar-refractivity contribution in [2.24, 2.45) is 16.8 Å². The predicted octanol–water partition coefficient (Wildman–Crippen LogP) is 4.97. The summed E-state index contributed by atoms with van der Waals surface area (Å²) in [6, 6.07) is 11.9. The highest BCUT2D eigenvalue weighted by Crippen LogP contribution is 2.37. The fraction of sp³-hybridized carbons (Fsp3) is 0.440. The van der Waals surface area contributed by atoms with Crippen LogP contribution in [-0.2, 0) is 20.8 Å². The third kappa shape index (κ3) is 5.27. The molecule has 2 aliphatic rings. The van der Waals surface area contributed by atoms with Crippen molar-refractivity contribution >= 4 is 5.71 Å². The number of aliphatic imine (C=N–C) groups is 1. The van der Waals surface area contributed by atoms with Gasteiger partial charge in [0.2, 0.25) is 0 Å². The second-order valence-corrected chi connectivity index (χ2v) is 7.90. The lowest BCUT2D eigenvalue weighted by atomic mass is 9.76. The number of nitrogens with zero attached hydrogens (tertiary/aromatic N) is 2. The van der Waals surface area contributed by atoms with Gasteiger partial charge in [-0.15, -0.1) is 0 Å². The highest BCUT2D eigenvalue weighted by Gasteiger charge is 2.30. The fourth-order valence-corrected chi connectivity index (χ4v) is 3.92. The minimum absolute atomic E-state index is 0.148. The second kappa shape index (κ2) is 10.4. The molecule has 0 fully saturated rings. The molecule has 30 heavy (non-hydrogen) atoms. The molecule has 1 aliphatic carbocycles. The van der Waals surface area contributed by atoms with Crippen molar-refractivity contribution in [3.63, 3.8) is 0 Å². The molecule has 0 amide bonds. The van der Waals surface area contributed by atoms with Crippen LogP contribution in [0.1, 0.15) is 32.8 Å². The van der Waals surface area contributed by atoms with Crippen molar-refractivity contribution in [1.82, 2.24) is 0 Å². The molecular formula is C25H30N2O3. The van der Waals surface area contributed by atoms with Gasteiger partial charge in [0.1, 0.15) is 25.3 Å². The maximum absolute atomic E-state index is 9.47. The molecule has 1 heterocycles. The second-order valence-electron chi connectivity index (χ2n) is 7.90. The number of dihydropyridines is 1. The van der Waals surface area contributed by atoms with Gasteiger partial charge in [-0.2, -0.15) is 5.26 Å². The molecule has 0 spiro atoms. The Kier molecular flexibility index (Phi) is 7.62. The van der Waals surface area contributed by atoms with Crippen LogP contribution in [0.15, 0.2) is 70.5 Å². The Bertz CT molecular complexity index is 893. The van der Waals surface area contributed by atoms with Crippen molar-refractivity contribution in [2.45, 2.75) is 45.9 Å². The summed E-state index contributed by atoms with van der Waals surface area (Å²) in [6.45, 7) is 7.25. The Morgan fingerprint density at radius 3 is 2.63 bits per heavy atom. The fourth-order valence-electron chi connectivity index (χ4n) is 3.92. The third-order valence-corrected chi connectivity index (χ3v) is 5.89. The number of methoxy groups -OCH3 is 1. The van der Waals surface area contributed by atoms with Gasteiger partial charge < -0.3 is 14.2 Å². The summed E-state index contributed by atoms with van der Waals surface area (Å²) in [4.78, 5) is 4.63. The van der Waals surface area contributed by atoms with Crippen LogP contribution < -0.4 is 0 Å². The molecule has 0 saturated carbocycles. The van der Waals surface area contributed by atoms with Gasteiger partial charge in [-0.3, -0.25) is 4.99 Å². The lowest BCUT2D eigenvalue weighted by Crippen LogP contribution is -2.30. The number of allylic oxidation sites excluding steroid dienone is 4.